The summed E-state index contributed by atoms with van der Waals surface area (Å²) in [6, 6.07) is 8.45. The van der Waals surface area contributed by atoms with Crippen LogP contribution in [-0.4, -0.2) is 0 Å². The maximum absolute atomic E-state index is 5.62. The van der Waals surface area contributed by atoms with Crippen molar-refractivity contribution in [1.29, 1.82) is 0 Å². The number of nitrogens with two attached hydrogens (primary N) is 1. The molecule has 1 aromatic carbocycles. The average Bonchev–Trinajstić information content (AvgIpc) is 2.73. The molecule has 2 N–H and O–H groups in total. The first-order valence-electron chi connectivity index (χ1n) is 5.66. The van der Waals surface area contributed by atoms with E-state index in [2.05, 4.69) is 25.1 Å². The molecule has 0 fully saturated rings. The van der Waals surface area contributed by atoms with Gasteiger partial charge >= 0.3 is 0 Å². The van der Waals surface area contributed by atoms with E-state index in [1.54, 1.807) is 6.26 Å². The summed E-state index contributed by atoms with van der Waals surface area (Å²) in [5, 5.41) is 0. The largest absolute Gasteiger partial charge is 0.468 e. The van der Waals surface area contributed by atoms with E-state index < -0.39 is 0 Å². The highest BCUT2D eigenvalue weighted by atomic mass is 32.2. The Morgan fingerprint density at radius 2 is 2.06 bits per heavy atom. The highest BCUT2D eigenvalue weighted by Gasteiger charge is 2.04. The van der Waals surface area contributed by atoms with Crippen LogP contribution in [0.3, 0.4) is 0 Å². The number of thioether (sulfide) groups is 1. The van der Waals surface area contributed by atoms with Gasteiger partial charge < -0.3 is 10.2 Å². The third-order valence-corrected chi connectivity index (χ3v) is 4.03. The van der Waals surface area contributed by atoms with Crippen molar-refractivity contribution in [3.05, 3.63) is 53.0 Å². The maximum Gasteiger partial charge on any atom is 0.114 e. The number of benzene rings is 1. The van der Waals surface area contributed by atoms with E-state index in [1.807, 2.05) is 24.8 Å². The van der Waals surface area contributed by atoms with Crippen molar-refractivity contribution in [3.8, 4) is 0 Å². The van der Waals surface area contributed by atoms with E-state index >= 15 is 0 Å². The molecule has 2 rings (SSSR count). The summed E-state index contributed by atoms with van der Waals surface area (Å²) in [4.78, 5) is 1.22. The monoisotopic (exact) mass is 247 g/mol. The highest BCUT2D eigenvalue weighted by Crippen LogP contribution is 2.27. The molecule has 2 aromatic rings. The van der Waals surface area contributed by atoms with E-state index in [0.29, 0.717) is 6.54 Å². The zero-order chi connectivity index (χ0) is 12.3. The van der Waals surface area contributed by atoms with Crippen LogP contribution in [0.1, 0.15) is 22.5 Å². The van der Waals surface area contributed by atoms with Gasteiger partial charge in [-0.3, -0.25) is 0 Å². The van der Waals surface area contributed by atoms with Gasteiger partial charge in [0.2, 0.25) is 0 Å². The second-order valence-electron chi connectivity index (χ2n) is 4.09. The molecule has 0 spiro atoms. The van der Waals surface area contributed by atoms with Gasteiger partial charge in [-0.15, -0.1) is 11.8 Å². The van der Waals surface area contributed by atoms with E-state index in [-0.39, 0.29) is 0 Å². The third kappa shape index (κ3) is 2.93. The van der Waals surface area contributed by atoms with Crippen LogP contribution in [0.25, 0.3) is 0 Å². The molecule has 0 unspecified atom stereocenters. The first-order chi connectivity index (χ1) is 8.20. The van der Waals surface area contributed by atoms with Crippen molar-refractivity contribution < 1.29 is 4.42 Å². The zero-order valence-electron chi connectivity index (χ0n) is 10.2. The molecule has 0 aliphatic heterocycles. The molecule has 17 heavy (non-hydrogen) atoms. The van der Waals surface area contributed by atoms with E-state index in [1.165, 1.54) is 21.6 Å². The maximum atomic E-state index is 5.62. The summed E-state index contributed by atoms with van der Waals surface area (Å²) in [6.07, 6.45) is 1.74. The first kappa shape index (κ1) is 12.3. The lowest BCUT2D eigenvalue weighted by molar-refractivity contribution is 0.527. The standard InChI is InChI=1S/C14H17NOS/c1-10-7-12(8-15)3-4-13(10)9-17-14-5-6-16-11(14)2/h3-7H,8-9,15H2,1-2H3. The Balaban J connectivity index is 2.07. The molecule has 0 amide bonds. The number of furan rings is 1. The van der Waals surface area contributed by atoms with E-state index in [9.17, 15) is 0 Å². The fourth-order valence-corrected chi connectivity index (χ4v) is 2.76. The molecule has 1 aromatic heterocycles. The Hall–Kier alpha value is -1.19. The summed E-state index contributed by atoms with van der Waals surface area (Å²) in [5.41, 5.74) is 9.47. The molecule has 0 atom stereocenters. The lowest BCUT2D eigenvalue weighted by atomic mass is 10.1. The number of hydrogen-bond donors (Lipinski definition) is 1. The Morgan fingerprint density at radius 3 is 2.65 bits per heavy atom. The van der Waals surface area contributed by atoms with Crippen LogP contribution in [0.2, 0.25) is 0 Å². The molecule has 0 saturated carbocycles. The second kappa shape index (κ2) is 5.43. The van der Waals surface area contributed by atoms with Gasteiger partial charge in [0.05, 0.1) is 6.26 Å². The number of rotatable bonds is 4. The molecule has 3 heteroatoms. The molecule has 0 aliphatic carbocycles. The molecule has 0 bridgehead atoms. The quantitative estimate of drug-likeness (QED) is 0.838. The van der Waals surface area contributed by atoms with Crippen molar-refractivity contribution >= 4 is 11.8 Å². The third-order valence-electron chi connectivity index (χ3n) is 2.84. The van der Waals surface area contributed by atoms with E-state index in [0.717, 1.165) is 11.5 Å². The molecule has 0 radical (unpaired) electrons. The van der Waals surface area contributed by atoms with Crippen molar-refractivity contribution in [3.63, 3.8) is 0 Å². The Bertz CT molecular complexity index is 505. The van der Waals surface area contributed by atoms with Crippen molar-refractivity contribution in [1.82, 2.24) is 0 Å². The summed E-state index contributed by atoms with van der Waals surface area (Å²) in [6.45, 7) is 4.74. The number of hydrogen-bond acceptors (Lipinski definition) is 3. The smallest absolute Gasteiger partial charge is 0.114 e. The van der Waals surface area contributed by atoms with Crippen LogP contribution < -0.4 is 5.73 Å². The SMILES string of the molecule is Cc1cc(CN)ccc1CSc1ccoc1C. The fourth-order valence-electron chi connectivity index (χ4n) is 1.73. The molecular formula is C14H17NOS. The van der Waals surface area contributed by atoms with Crippen molar-refractivity contribution in [2.24, 2.45) is 5.73 Å². The molecule has 0 aliphatic rings. The minimum Gasteiger partial charge on any atom is -0.468 e. The molecule has 1 heterocycles. The predicted molar refractivity (Wildman–Crippen MR) is 72.1 cm³/mol. The molecule has 90 valence electrons. The van der Waals surface area contributed by atoms with Crippen LogP contribution in [0, 0.1) is 13.8 Å². The second-order valence-corrected chi connectivity index (χ2v) is 5.11. The van der Waals surface area contributed by atoms with Gasteiger partial charge in [-0.2, -0.15) is 0 Å². The van der Waals surface area contributed by atoms with Crippen LogP contribution in [-0.2, 0) is 12.3 Å². The van der Waals surface area contributed by atoms with Crippen LogP contribution in [0.5, 0.6) is 0 Å². The van der Waals surface area contributed by atoms with Crippen molar-refractivity contribution in [2.45, 2.75) is 31.0 Å². The summed E-state index contributed by atoms with van der Waals surface area (Å²) >= 11 is 1.81. The number of aryl methyl sites for hydroxylation is 2. The minimum absolute atomic E-state index is 0.606. The fraction of sp³-hybridized carbons (Fsp3) is 0.286. The summed E-state index contributed by atoms with van der Waals surface area (Å²) < 4.78 is 5.28. The Labute approximate surface area is 106 Å². The Morgan fingerprint density at radius 1 is 1.24 bits per heavy atom. The lowest BCUT2D eigenvalue weighted by Gasteiger charge is -2.07. The molecule has 0 saturated heterocycles. The topological polar surface area (TPSA) is 39.2 Å². The summed E-state index contributed by atoms with van der Waals surface area (Å²) in [5.74, 6) is 1.96. The van der Waals surface area contributed by atoms with Gasteiger partial charge in [0.1, 0.15) is 5.76 Å². The average molecular weight is 247 g/mol. The van der Waals surface area contributed by atoms with Crippen LogP contribution >= 0.6 is 11.8 Å². The normalized spacial score (nSPS) is 10.8. The van der Waals surface area contributed by atoms with Gasteiger partial charge in [-0.1, -0.05) is 18.2 Å². The summed E-state index contributed by atoms with van der Waals surface area (Å²) in [7, 11) is 0. The predicted octanol–water partition coefficient (Wildman–Crippen LogP) is 3.65. The Kier molecular flexibility index (Phi) is 3.92. The van der Waals surface area contributed by atoms with Gasteiger partial charge in [-0.25, -0.2) is 0 Å². The minimum atomic E-state index is 0.606. The van der Waals surface area contributed by atoms with Gasteiger partial charge in [-0.05, 0) is 36.6 Å². The van der Waals surface area contributed by atoms with Crippen LogP contribution in [0.15, 0.2) is 39.8 Å². The molecular weight excluding hydrogens is 230 g/mol. The molecule has 2 nitrogen and oxygen atoms in total. The first-order valence-corrected chi connectivity index (χ1v) is 6.64. The lowest BCUT2D eigenvalue weighted by Crippen LogP contribution is -1.97. The van der Waals surface area contributed by atoms with Crippen LogP contribution in [0.4, 0.5) is 0 Å². The van der Waals surface area contributed by atoms with E-state index in [4.69, 9.17) is 10.2 Å². The highest BCUT2D eigenvalue weighted by molar-refractivity contribution is 7.98. The van der Waals surface area contributed by atoms with Gasteiger partial charge in [0.25, 0.3) is 0 Å². The zero-order valence-corrected chi connectivity index (χ0v) is 11.0. The van der Waals surface area contributed by atoms with Crippen molar-refractivity contribution in [2.75, 3.05) is 0 Å². The van der Waals surface area contributed by atoms with Gasteiger partial charge in [0, 0.05) is 17.2 Å². The van der Waals surface area contributed by atoms with Gasteiger partial charge in [0.15, 0.2) is 0 Å².